The van der Waals surface area contributed by atoms with E-state index in [1.807, 2.05) is 11.8 Å². The maximum Gasteiger partial charge on any atom is 0.0314 e. The topological polar surface area (TPSA) is 12.0 Å². The summed E-state index contributed by atoms with van der Waals surface area (Å²) in [5, 5.41) is 3.52. The number of benzene rings is 2. The minimum Gasteiger partial charge on any atom is -0.308 e. The summed E-state index contributed by atoms with van der Waals surface area (Å²) in [4.78, 5) is 1.29. The molecule has 0 unspecified atom stereocenters. The van der Waals surface area contributed by atoms with Gasteiger partial charge < -0.3 is 5.32 Å². The van der Waals surface area contributed by atoms with E-state index in [1.54, 1.807) is 0 Å². The van der Waals surface area contributed by atoms with Crippen LogP contribution in [0.3, 0.4) is 0 Å². The number of hydrogen-bond acceptors (Lipinski definition) is 2. The van der Waals surface area contributed by atoms with Gasteiger partial charge in [-0.25, -0.2) is 0 Å². The first-order chi connectivity index (χ1) is 9.94. The highest BCUT2D eigenvalue weighted by Gasteiger charge is 2.09. The predicted molar refractivity (Wildman–Crippen MR) is 96.7 cm³/mol. The van der Waals surface area contributed by atoms with E-state index in [1.165, 1.54) is 20.5 Å². The van der Waals surface area contributed by atoms with Crippen LogP contribution in [0.25, 0.3) is 0 Å². The Morgan fingerprint density at radius 3 is 2.33 bits per heavy atom. The molecule has 0 saturated carbocycles. The molecule has 0 fully saturated rings. The van der Waals surface area contributed by atoms with E-state index >= 15 is 0 Å². The number of hydrogen-bond donors (Lipinski definition) is 1. The van der Waals surface area contributed by atoms with Gasteiger partial charge in [0.1, 0.15) is 0 Å². The number of thioether (sulfide) groups is 1. The van der Waals surface area contributed by atoms with Crippen molar-refractivity contribution < 1.29 is 0 Å². The quantitative estimate of drug-likeness (QED) is 0.690. The monoisotopic (exact) mass is 363 g/mol. The second kappa shape index (κ2) is 7.48. The van der Waals surface area contributed by atoms with E-state index in [0.717, 1.165) is 12.3 Å². The molecule has 2 aromatic rings. The molecule has 21 heavy (non-hydrogen) atoms. The van der Waals surface area contributed by atoms with Crippen LogP contribution in [0.1, 0.15) is 31.9 Å². The van der Waals surface area contributed by atoms with Gasteiger partial charge in [-0.1, -0.05) is 36.4 Å². The summed E-state index contributed by atoms with van der Waals surface area (Å²) in [5.74, 6) is 0.999. The lowest BCUT2D eigenvalue weighted by atomic mass is 10.1. The van der Waals surface area contributed by atoms with E-state index in [9.17, 15) is 0 Å². The first-order valence-corrected chi connectivity index (χ1v) is 8.92. The summed E-state index contributed by atoms with van der Waals surface area (Å²) in [6.45, 7) is 7.45. The molecule has 0 aliphatic carbocycles. The fourth-order valence-electron chi connectivity index (χ4n) is 1.87. The van der Waals surface area contributed by atoms with Crippen LogP contribution >= 0.6 is 27.7 Å². The first kappa shape index (κ1) is 16.6. The Balaban J connectivity index is 1.96. The van der Waals surface area contributed by atoms with Crippen molar-refractivity contribution in [3.8, 4) is 0 Å². The molecular weight excluding hydrogens is 342 g/mol. The summed E-state index contributed by atoms with van der Waals surface area (Å²) in [5.41, 5.74) is 2.81. The summed E-state index contributed by atoms with van der Waals surface area (Å²) in [7, 11) is 0. The minimum absolute atomic E-state index is 0.146. The molecule has 0 amide bonds. The van der Waals surface area contributed by atoms with Gasteiger partial charge in [-0.2, -0.15) is 0 Å². The number of halogens is 1. The van der Waals surface area contributed by atoms with Crippen LogP contribution in [-0.4, -0.2) is 5.54 Å². The van der Waals surface area contributed by atoms with Crippen LogP contribution in [-0.2, 0) is 12.3 Å². The van der Waals surface area contributed by atoms with E-state index < -0.39 is 0 Å². The van der Waals surface area contributed by atoms with Crippen LogP contribution in [0.5, 0.6) is 0 Å². The fraction of sp³-hybridized carbons (Fsp3) is 0.333. The van der Waals surface area contributed by atoms with E-state index in [0.29, 0.717) is 0 Å². The minimum atomic E-state index is 0.146. The molecule has 1 nitrogen and oxygen atoms in total. The maximum atomic E-state index is 3.69. The third-order valence-electron chi connectivity index (χ3n) is 3.06. The lowest BCUT2D eigenvalue weighted by molar-refractivity contribution is 0.424. The van der Waals surface area contributed by atoms with Crippen molar-refractivity contribution in [3.05, 3.63) is 64.1 Å². The highest BCUT2D eigenvalue weighted by molar-refractivity contribution is 9.10. The van der Waals surface area contributed by atoms with Crippen molar-refractivity contribution in [2.75, 3.05) is 0 Å². The average Bonchev–Trinajstić information content (AvgIpc) is 2.44. The predicted octanol–water partition coefficient (Wildman–Crippen LogP) is 5.63. The SMILES string of the molecule is CC(C)(C)NCc1ccc(SCc2ccccc2)c(Br)c1. The Kier molecular flexibility index (Phi) is 5.91. The van der Waals surface area contributed by atoms with Crippen LogP contribution in [0.2, 0.25) is 0 Å². The third-order valence-corrected chi connectivity index (χ3v) is 5.12. The molecule has 2 rings (SSSR count). The Morgan fingerprint density at radius 2 is 1.71 bits per heavy atom. The molecule has 112 valence electrons. The van der Waals surface area contributed by atoms with Crippen molar-refractivity contribution in [1.29, 1.82) is 0 Å². The Morgan fingerprint density at radius 1 is 1.00 bits per heavy atom. The summed E-state index contributed by atoms with van der Waals surface area (Å²) in [6, 6.07) is 17.2. The smallest absolute Gasteiger partial charge is 0.0314 e. The molecule has 0 heterocycles. The highest BCUT2D eigenvalue weighted by atomic mass is 79.9. The second-order valence-corrected chi connectivity index (χ2v) is 8.01. The van der Waals surface area contributed by atoms with Crippen LogP contribution < -0.4 is 5.32 Å². The summed E-state index contributed by atoms with van der Waals surface area (Å²) in [6.07, 6.45) is 0. The zero-order chi connectivity index (χ0) is 15.3. The summed E-state index contributed by atoms with van der Waals surface area (Å²) >= 11 is 5.56. The normalized spacial score (nSPS) is 11.6. The standard InChI is InChI=1S/C18H22BrNS/c1-18(2,3)20-12-15-9-10-17(16(19)11-15)21-13-14-7-5-4-6-8-14/h4-11,20H,12-13H2,1-3H3. The van der Waals surface area contributed by atoms with Crippen molar-refractivity contribution in [2.24, 2.45) is 0 Å². The molecule has 0 aromatic heterocycles. The molecule has 0 aliphatic heterocycles. The van der Waals surface area contributed by atoms with Gasteiger partial charge >= 0.3 is 0 Å². The summed E-state index contributed by atoms with van der Waals surface area (Å²) < 4.78 is 1.18. The van der Waals surface area contributed by atoms with Crippen LogP contribution in [0, 0.1) is 0 Å². The van der Waals surface area contributed by atoms with Gasteiger partial charge in [0, 0.05) is 27.2 Å². The van der Waals surface area contributed by atoms with E-state index in [4.69, 9.17) is 0 Å². The lowest BCUT2D eigenvalue weighted by Gasteiger charge is -2.20. The highest BCUT2D eigenvalue weighted by Crippen LogP contribution is 2.30. The zero-order valence-corrected chi connectivity index (χ0v) is 15.2. The Labute approximate surface area is 140 Å². The Hall–Kier alpha value is -0.770. The molecule has 0 saturated heterocycles. The zero-order valence-electron chi connectivity index (χ0n) is 12.8. The maximum absolute atomic E-state index is 3.69. The molecule has 0 bridgehead atoms. The van der Waals surface area contributed by atoms with Gasteiger partial charge in [0.2, 0.25) is 0 Å². The fourth-order valence-corrected chi connectivity index (χ4v) is 3.52. The van der Waals surface area contributed by atoms with Crippen molar-refractivity contribution in [3.63, 3.8) is 0 Å². The van der Waals surface area contributed by atoms with E-state index in [2.05, 4.69) is 90.5 Å². The Bertz CT molecular complexity index is 576. The largest absolute Gasteiger partial charge is 0.308 e. The molecule has 0 atom stereocenters. The lowest BCUT2D eigenvalue weighted by Crippen LogP contribution is -2.35. The molecule has 2 aromatic carbocycles. The number of nitrogens with one attached hydrogen (secondary N) is 1. The molecule has 0 aliphatic rings. The second-order valence-electron chi connectivity index (χ2n) is 6.14. The van der Waals surface area contributed by atoms with Gasteiger partial charge in [0.05, 0.1) is 0 Å². The van der Waals surface area contributed by atoms with Crippen LogP contribution in [0.4, 0.5) is 0 Å². The number of rotatable bonds is 5. The van der Waals surface area contributed by atoms with Crippen molar-refractivity contribution in [1.82, 2.24) is 5.32 Å². The molecular formula is C18H22BrNS. The van der Waals surface area contributed by atoms with Gasteiger partial charge in [-0.05, 0) is 60.0 Å². The van der Waals surface area contributed by atoms with Gasteiger partial charge in [-0.15, -0.1) is 11.8 Å². The average molecular weight is 364 g/mol. The van der Waals surface area contributed by atoms with Gasteiger partial charge in [0.25, 0.3) is 0 Å². The first-order valence-electron chi connectivity index (χ1n) is 7.14. The molecule has 1 N–H and O–H groups in total. The molecule has 0 spiro atoms. The van der Waals surface area contributed by atoms with E-state index in [-0.39, 0.29) is 5.54 Å². The molecule has 0 radical (unpaired) electrons. The van der Waals surface area contributed by atoms with Crippen LogP contribution in [0.15, 0.2) is 57.9 Å². The van der Waals surface area contributed by atoms with Crippen molar-refractivity contribution >= 4 is 27.7 Å². The molecule has 3 heteroatoms. The van der Waals surface area contributed by atoms with Gasteiger partial charge in [-0.3, -0.25) is 0 Å². The third kappa shape index (κ3) is 5.85. The van der Waals surface area contributed by atoms with Gasteiger partial charge in [0.15, 0.2) is 0 Å². The van der Waals surface area contributed by atoms with Crippen molar-refractivity contribution in [2.45, 2.75) is 43.5 Å².